The molecule has 1 saturated heterocycles. The number of Topliss-reactive ketones (excluding diaryl/α,β-unsaturated/α-hetero) is 1. The number of aliphatic hydroxyl groups is 2. The SMILES string of the molecule is CC=CC(C)=CC(C)(O)C(=O)CC(O)CC1CC(=O)NC(=O)C1. The van der Waals surface area contributed by atoms with Crippen molar-refractivity contribution in [1.82, 2.24) is 5.32 Å². The van der Waals surface area contributed by atoms with Crippen LogP contribution in [0, 0.1) is 5.92 Å². The Kier molecular flexibility index (Phi) is 6.84. The van der Waals surface area contributed by atoms with Gasteiger partial charge < -0.3 is 10.2 Å². The Bertz CT molecular complexity index is 517. The smallest absolute Gasteiger partial charge is 0.226 e. The van der Waals surface area contributed by atoms with Gasteiger partial charge in [0, 0.05) is 19.3 Å². The molecule has 0 bridgehead atoms. The van der Waals surface area contributed by atoms with Crippen molar-refractivity contribution in [2.75, 3.05) is 0 Å². The summed E-state index contributed by atoms with van der Waals surface area (Å²) in [4.78, 5) is 34.8. The number of aliphatic hydroxyl groups excluding tert-OH is 1. The minimum absolute atomic E-state index is 0.160. The zero-order valence-electron chi connectivity index (χ0n) is 13.8. The van der Waals surface area contributed by atoms with Crippen LogP contribution in [0.5, 0.6) is 0 Å². The maximum absolute atomic E-state index is 12.2. The molecule has 2 unspecified atom stereocenters. The van der Waals surface area contributed by atoms with Crippen LogP contribution in [0.1, 0.15) is 46.5 Å². The standard InChI is InChI=1S/C17H25NO5/c1-4-5-11(2)10-17(3,23)14(20)9-13(19)6-12-7-15(21)18-16(22)8-12/h4-5,10,12-13,19,23H,6-9H2,1-3H3,(H,18,21,22). The second-order valence-corrected chi connectivity index (χ2v) is 6.30. The van der Waals surface area contributed by atoms with Crippen molar-refractivity contribution in [2.24, 2.45) is 5.92 Å². The monoisotopic (exact) mass is 323 g/mol. The average Bonchev–Trinajstić information content (AvgIpc) is 2.36. The first-order chi connectivity index (χ1) is 10.6. The van der Waals surface area contributed by atoms with E-state index in [0.29, 0.717) is 0 Å². The maximum atomic E-state index is 12.2. The summed E-state index contributed by atoms with van der Waals surface area (Å²) < 4.78 is 0. The molecule has 3 N–H and O–H groups in total. The van der Waals surface area contributed by atoms with Gasteiger partial charge in [-0.1, -0.05) is 17.7 Å². The Hall–Kier alpha value is -1.79. The van der Waals surface area contributed by atoms with Gasteiger partial charge in [-0.15, -0.1) is 0 Å². The van der Waals surface area contributed by atoms with Gasteiger partial charge in [0.1, 0.15) is 5.60 Å². The maximum Gasteiger partial charge on any atom is 0.226 e. The lowest BCUT2D eigenvalue weighted by Gasteiger charge is -2.25. The van der Waals surface area contributed by atoms with E-state index in [4.69, 9.17) is 0 Å². The number of ketones is 1. The Morgan fingerprint density at radius 1 is 1.39 bits per heavy atom. The van der Waals surface area contributed by atoms with Gasteiger partial charge in [-0.2, -0.15) is 0 Å². The summed E-state index contributed by atoms with van der Waals surface area (Å²) in [6.07, 6.45) is 4.29. The molecule has 1 aliphatic heterocycles. The number of carbonyl (C=O) groups excluding carboxylic acids is 3. The fraction of sp³-hybridized carbons (Fsp3) is 0.588. The summed E-state index contributed by atoms with van der Waals surface area (Å²) in [5.74, 6) is -1.49. The van der Waals surface area contributed by atoms with Gasteiger partial charge in [0.15, 0.2) is 5.78 Å². The van der Waals surface area contributed by atoms with E-state index in [9.17, 15) is 24.6 Å². The van der Waals surface area contributed by atoms with Gasteiger partial charge in [0.25, 0.3) is 0 Å². The quantitative estimate of drug-likeness (QED) is 0.479. The number of hydrogen-bond acceptors (Lipinski definition) is 5. The van der Waals surface area contributed by atoms with E-state index in [1.165, 1.54) is 13.0 Å². The zero-order valence-corrected chi connectivity index (χ0v) is 13.8. The summed E-state index contributed by atoms with van der Waals surface area (Å²) in [7, 11) is 0. The average molecular weight is 323 g/mol. The van der Waals surface area contributed by atoms with Crippen LogP contribution in [-0.4, -0.2) is 39.5 Å². The van der Waals surface area contributed by atoms with Gasteiger partial charge in [-0.3, -0.25) is 19.7 Å². The molecule has 0 radical (unpaired) electrons. The van der Waals surface area contributed by atoms with E-state index in [-0.39, 0.29) is 43.4 Å². The summed E-state index contributed by atoms with van der Waals surface area (Å²) in [5.41, 5.74) is -0.917. The van der Waals surface area contributed by atoms with Gasteiger partial charge in [-0.25, -0.2) is 0 Å². The minimum atomic E-state index is -1.66. The Morgan fingerprint density at radius 2 is 1.96 bits per heavy atom. The number of nitrogens with one attached hydrogen (secondary N) is 1. The van der Waals surface area contributed by atoms with Crippen LogP contribution in [0.2, 0.25) is 0 Å². The predicted molar refractivity (Wildman–Crippen MR) is 85.3 cm³/mol. The molecule has 2 atom stereocenters. The van der Waals surface area contributed by atoms with E-state index < -0.39 is 17.5 Å². The van der Waals surface area contributed by atoms with E-state index in [1.807, 2.05) is 6.92 Å². The summed E-state index contributed by atoms with van der Waals surface area (Å²) >= 11 is 0. The number of piperidine rings is 1. The first-order valence-corrected chi connectivity index (χ1v) is 7.72. The Balaban J connectivity index is 2.60. The molecule has 0 aromatic heterocycles. The van der Waals surface area contributed by atoms with E-state index in [0.717, 1.165) is 5.57 Å². The highest BCUT2D eigenvalue weighted by Crippen LogP contribution is 2.22. The molecule has 1 aliphatic rings. The van der Waals surface area contributed by atoms with Gasteiger partial charge in [0.2, 0.25) is 11.8 Å². The second-order valence-electron chi connectivity index (χ2n) is 6.30. The molecule has 128 valence electrons. The molecular formula is C17H25NO5. The number of imide groups is 1. The van der Waals surface area contributed by atoms with Crippen molar-refractivity contribution in [2.45, 2.75) is 58.2 Å². The summed E-state index contributed by atoms with van der Waals surface area (Å²) in [6, 6.07) is 0. The first kappa shape index (κ1) is 19.3. The molecule has 6 nitrogen and oxygen atoms in total. The molecule has 6 heteroatoms. The lowest BCUT2D eigenvalue weighted by molar-refractivity contribution is -0.135. The highest BCUT2D eigenvalue weighted by atomic mass is 16.3. The third-order valence-corrected chi connectivity index (χ3v) is 3.76. The molecule has 23 heavy (non-hydrogen) atoms. The molecule has 1 heterocycles. The van der Waals surface area contributed by atoms with E-state index >= 15 is 0 Å². The second kappa shape index (κ2) is 8.17. The molecule has 1 rings (SSSR count). The van der Waals surface area contributed by atoms with Crippen LogP contribution < -0.4 is 5.32 Å². The molecule has 0 aliphatic carbocycles. The summed E-state index contributed by atoms with van der Waals surface area (Å²) in [6.45, 7) is 4.98. The molecule has 2 amide bonds. The molecule has 0 aromatic rings. The summed E-state index contributed by atoms with van der Waals surface area (Å²) in [5, 5.41) is 22.5. The van der Waals surface area contributed by atoms with Crippen molar-refractivity contribution in [3.8, 4) is 0 Å². The van der Waals surface area contributed by atoms with Crippen molar-refractivity contribution in [3.63, 3.8) is 0 Å². The van der Waals surface area contributed by atoms with Crippen LogP contribution in [0.15, 0.2) is 23.8 Å². The number of hydrogen-bond donors (Lipinski definition) is 3. The number of carbonyl (C=O) groups is 3. The van der Waals surface area contributed by atoms with E-state index in [1.54, 1.807) is 19.1 Å². The highest BCUT2D eigenvalue weighted by molar-refractivity contribution is 5.97. The number of allylic oxidation sites excluding steroid dienone is 3. The first-order valence-electron chi connectivity index (χ1n) is 7.72. The zero-order chi connectivity index (χ0) is 17.6. The molecule has 0 spiro atoms. The predicted octanol–water partition coefficient (Wildman–Crippen LogP) is 1.02. The fourth-order valence-corrected chi connectivity index (χ4v) is 2.74. The third kappa shape index (κ3) is 6.46. The number of amides is 2. The fourth-order valence-electron chi connectivity index (χ4n) is 2.74. The highest BCUT2D eigenvalue weighted by Gasteiger charge is 2.32. The topological polar surface area (TPSA) is 104 Å². The Labute approximate surface area is 136 Å². The van der Waals surface area contributed by atoms with Crippen molar-refractivity contribution in [3.05, 3.63) is 23.8 Å². The van der Waals surface area contributed by atoms with Gasteiger partial charge in [-0.05, 0) is 39.2 Å². The lowest BCUT2D eigenvalue weighted by atomic mass is 9.87. The normalized spacial score (nSPS) is 21.2. The minimum Gasteiger partial charge on any atom is -0.393 e. The van der Waals surface area contributed by atoms with Crippen LogP contribution in [-0.2, 0) is 14.4 Å². The molecule has 1 fully saturated rings. The molecule has 0 saturated carbocycles. The van der Waals surface area contributed by atoms with Crippen LogP contribution >= 0.6 is 0 Å². The van der Waals surface area contributed by atoms with Crippen molar-refractivity contribution in [1.29, 1.82) is 0 Å². The van der Waals surface area contributed by atoms with Gasteiger partial charge >= 0.3 is 0 Å². The van der Waals surface area contributed by atoms with Crippen LogP contribution in [0.25, 0.3) is 0 Å². The molecule has 0 aromatic carbocycles. The van der Waals surface area contributed by atoms with E-state index in [2.05, 4.69) is 5.32 Å². The number of rotatable bonds is 7. The van der Waals surface area contributed by atoms with Crippen LogP contribution in [0.3, 0.4) is 0 Å². The Morgan fingerprint density at radius 3 is 2.48 bits per heavy atom. The largest absolute Gasteiger partial charge is 0.393 e. The lowest BCUT2D eigenvalue weighted by Crippen LogP contribution is -2.40. The molecular weight excluding hydrogens is 298 g/mol. The van der Waals surface area contributed by atoms with Crippen molar-refractivity contribution >= 4 is 17.6 Å². The van der Waals surface area contributed by atoms with Gasteiger partial charge in [0.05, 0.1) is 6.10 Å². The van der Waals surface area contributed by atoms with Crippen LogP contribution in [0.4, 0.5) is 0 Å². The van der Waals surface area contributed by atoms with Crippen molar-refractivity contribution < 1.29 is 24.6 Å². The third-order valence-electron chi connectivity index (χ3n) is 3.76.